The minimum absolute atomic E-state index is 0.199. The molecule has 4 rings (SSSR count). The summed E-state index contributed by atoms with van der Waals surface area (Å²) in [5.74, 6) is 0. The first-order valence-electron chi connectivity index (χ1n) is 8.84. The molecule has 0 aliphatic heterocycles. The van der Waals surface area contributed by atoms with Gasteiger partial charge in [-0.2, -0.15) is 0 Å². The number of hydrogen-bond donors (Lipinski definition) is 2. The number of rotatable bonds is 3. The van der Waals surface area contributed by atoms with Crippen LogP contribution in [0.25, 0.3) is 21.9 Å². The topological polar surface area (TPSA) is 49.9 Å². The van der Waals surface area contributed by atoms with Crippen molar-refractivity contribution in [2.75, 3.05) is 0 Å². The highest BCUT2D eigenvalue weighted by Crippen LogP contribution is 2.37. The molecule has 2 nitrogen and oxygen atoms in total. The average molecular weight is 338 g/mol. The molecule has 0 amide bonds. The summed E-state index contributed by atoms with van der Waals surface area (Å²) < 4.78 is 0. The molecule has 0 saturated heterocycles. The van der Waals surface area contributed by atoms with Gasteiger partial charge in [0.05, 0.1) is 5.71 Å². The van der Waals surface area contributed by atoms with Gasteiger partial charge in [0.15, 0.2) is 0 Å². The Kier molecular flexibility index (Phi) is 3.77. The zero-order valence-corrected chi connectivity index (χ0v) is 15.1. The lowest BCUT2D eigenvalue weighted by molar-refractivity contribution is 0.611. The van der Waals surface area contributed by atoms with Crippen LogP contribution in [0.3, 0.4) is 0 Å². The highest BCUT2D eigenvalue weighted by molar-refractivity contribution is 6.13. The van der Waals surface area contributed by atoms with Crippen molar-refractivity contribution >= 4 is 16.5 Å². The van der Waals surface area contributed by atoms with Crippen molar-refractivity contribution in [3.63, 3.8) is 0 Å². The average Bonchev–Trinajstić information content (AvgIpc) is 2.93. The summed E-state index contributed by atoms with van der Waals surface area (Å²) in [6, 6.07) is 23.0. The van der Waals surface area contributed by atoms with Gasteiger partial charge < -0.3 is 5.73 Å². The Labute approximate surface area is 154 Å². The third kappa shape index (κ3) is 2.64. The molecule has 3 N–H and O–H groups in total. The summed E-state index contributed by atoms with van der Waals surface area (Å²) in [5, 5.41) is 11.1. The van der Waals surface area contributed by atoms with Gasteiger partial charge in [-0.05, 0) is 33.5 Å². The molecule has 0 spiro atoms. The minimum Gasteiger partial charge on any atom is -0.398 e. The summed E-state index contributed by atoms with van der Waals surface area (Å²) >= 11 is 0. The predicted molar refractivity (Wildman–Crippen MR) is 110 cm³/mol. The normalized spacial score (nSPS) is 15.6. The van der Waals surface area contributed by atoms with Gasteiger partial charge in [0.25, 0.3) is 0 Å². The smallest absolute Gasteiger partial charge is 0.0673 e. The molecule has 26 heavy (non-hydrogen) atoms. The predicted octanol–water partition coefficient (Wildman–Crippen LogP) is 5.68. The number of hydrogen-bond acceptors (Lipinski definition) is 2. The number of nitrogens with one attached hydrogen (secondary N) is 1. The lowest BCUT2D eigenvalue weighted by Crippen LogP contribution is -2.20. The van der Waals surface area contributed by atoms with Gasteiger partial charge in [0.1, 0.15) is 0 Å². The van der Waals surface area contributed by atoms with Crippen LogP contribution in [0.1, 0.15) is 19.4 Å². The lowest BCUT2D eigenvalue weighted by Gasteiger charge is -2.22. The van der Waals surface area contributed by atoms with Crippen molar-refractivity contribution in [2.45, 2.75) is 13.8 Å². The zero-order valence-electron chi connectivity index (χ0n) is 15.1. The Morgan fingerprint density at radius 3 is 2.27 bits per heavy atom. The summed E-state index contributed by atoms with van der Waals surface area (Å²) in [4.78, 5) is 0. The molecule has 0 fully saturated rings. The molecule has 3 aromatic carbocycles. The second kappa shape index (κ2) is 5.99. The van der Waals surface area contributed by atoms with E-state index in [2.05, 4.69) is 74.5 Å². The highest BCUT2D eigenvalue weighted by Gasteiger charge is 2.30. The first kappa shape index (κ1) is 16.3. The third-order valence-corrected chi connectivity index (χ3v) is 5.14. The van der Waals surface area contributed by atoms with Crippen molar-refractivity contribution in [2.24, 2.45) is 11.1 Å². The van der Waals surface area contributed by atoms with Crippen molar-refractivity contribution < 1.29 is 0 Å². The van der Waals surface area contributed by atoms with E-state index in [1.54, 1.807) is 0 Å². The van der Waals surface area contributed by atoms with Crippen LogP contribution in [0.5, 0.6) is 0 Å². The fraction of sp³-hybridized carbons (Fsp3) is 0.125. The van der Waals surface area contributed by atoms with Crippen molar-refractivity contribution in [3.8, 4) is 11.1 Å². The molecule has 0 atom stereocenters. The van der Waals surface area contributed by atoms with E-state index in [9.17, 15) is 0 Å². The van der Waals surface area contributed by atoms with E-state index in [1.165, 1.54) is 16.3 Å². The summed E-state index contributed by atoms with van der Waals surface area (Å²) in [5.41, 5.74) is 11.3. The fourth-order valence-electron chi connectivity index (χ4n) is 3.74. The Balaban J connectivity index is 1.72. The number of nitrogens with two attached hydrogens (primary N) is 1. The molecule has 0 saturated carbocycles. The van der Waals surface area contributed by atoms with Gasteiger partial charge in [0, 0.05) is 16.7 Å². The Morgan fingerprint density at radius 1 is 0.885 bits per heavy atom. The van der Waals surface area contributed by atoms with E-state index in [0.29, 0.717) is 11.4 Å². The number of allylic oxidation sites excluding steroid dienone is 3. The Hall–Kier alpha value is -3.13. The summed E-state index contributed by atoms with van der Waals surface area (Å²) in [7, 11) is 0. The highest BCUT2D eigenvalue weighted by atomic mass is 14.6. The summed E-state index contributed by atoms with van der Waals surface area (Å²) in [6.45, 7) is 4.19. The van der Waals surface area contributed by atoms with Crippen LogP contribution in [0.2, 0.25) is 0 Å². The first-order chi connectivity index (χ1) is 12.5. The van der Waals surface area contributed by atoms with Crippen LogP contribution < -0.4 is 5.73 Å². The number of fused-ring (bicyclic) bond motifs is 1. The van der Waals surface area contributed by atoms with Gasteiger partial charge in [-0.1, -0.05) is 86.7 Å². The first-order valence-corrected chi connectivity index (χ1v) is 8.84. The zero-order chi connectivity index (χ0) is 18.3. The van der Waals surface area contributed by atoms with Gasteiger partial charge >= 0.3 is 0 Å². The molecule has 128 valence electrons. The lowest BCUT2D eigenvalue weighted by atomic mass is 9.82. The van der Waals surface area contributed by atoms with Crippen LogP contribution in [0, 0.1) is 10.8 Å². The van der Waals surface area contributed by atoms with E-state index in [1.807, 2.05) is 18.2 Å². The molecular weight excluding hydrogens is 316 g/mol. The maximum atomic E-state index is 8.64. The Morgan fingerprint density at radius 2 is 1.58 bits per heavy atom. The van der Waals surface area contributed by atoms with E-state index in [4.69, 9.17) is 11.1 Å². The monoisotopic (exact) mass is 338 g/mol. The molecular formula is C24H22N2. The molecule has 3 aromatic rings. The second-order valence-corrected chi connectivity index (χ2v) is 7.36. The molecule has 0 aromatic heterocycles. The summed E-state index contributed by atoms with van der Waals surface area (Å²) in [6.07, 6.45) is 3.98. The standard InChI is InChI=1S/C24H22N2/c1-24(2)15-14-21(25)22(24)23(26)18-12-10-17(11-13-18)20-9-5-7-16-6-3-4-8-19(16)20/h3-15,26H,25H2,1-2H3. The largest absolute Gasteiger partial charge is 0.398 e. The van der Waals surface area contributed by atoms with E-state index < -0.39 is 0 Å². The molecule has 1 aliphatic rings. The fourth-order valence-corrected chi connectivity index (χ4v) is 3.74. The van der Waals surface area contributed by atoms with Crippen LogP contribution in [-0.4, -0.2) is 5.71 Å². The molecule has 0 unspecified atom stereocenters. The second-order valence-electron chi connectivity index (χ2n) is 7.36. The molecule has 0 bridgehead atoms. The maximum absolute atomic E-state index is 8.64. The van der Waals surface area contributed by atoms with Gasteiger partial charge in [0.2, 0.25) is 0 Å². The third-order valence-electron chi connectivity index (χ3n) is 5.14. The minimum atomic E-state index is -0.199. The molecule has 0 radical (unpaired) electrons. The molecule has 0 heterocycles. The van der Waals surface area contributed by atoms with Crippen molar-refractivity contribution in [1.82, 2.24) is 0 Å². The van der Waals surface area contributed by atoms with E-state index >= 15 is 0 Å². The van der Waals surface area contributed by atoms with E-state index in [-0.39, 0.29) is 5.41 Å². The van der Waals surface area contributed by atoms with Gasteiger partial charge in [-0.15, -0.1) is 0 Å². The van der Waals surface area contributed by atoms with E-state index in [0.717, 1.165) is 16.7 Å². The van der Waals surface area contributed by atoms with Crippen LogP contribution >= 0.6 is 0 Å². The molecule has 1 aliphatic carbocycles. The maximum Gasteiger partial charge on any atom is 0.0673 e. The molecule has 2 heteroatoms. The van der Waals surface area contributed by atoms with Crippen LogP contribution in [0.4, 0.5) is 0 Å². The van der Waals surface area contributed by atoms with Crippen molar-refractivity contribution in [3.05, 3.63) is 95.7 Å². The van der Waals surface area contributed by atoms with Crippen LogP contribution in [-0.2, 0) is 0 Å². The van der Waals surface area contributed by atoms with Gasteiger partial charge in [-0.3, -0.25) is 5.41 Å². The quantitative estimate of drug-likeness (QED) is 0.593. The number of benzene rings is 3. The van der Waals surface area contributed by atoms with Gasteiger partial charge in [-0.25, -0.2) is 0 Å². The van der Waals surface area contributed by atoms with Crippen LogP contribution in [0.15, 0.2) is 90.2 Å². The Bertz CT molecular complexity index is 1060. The SMILES string of the molecule is CC1(C)C=CC(N)=C1C(=N)c1ccc(-c2cccc3ccccc23)cc1. The van der Waals surface area contributed by atoms with Crippen molar-refractivity contribution in [1.29, 1.82) is 5.41 Å².